The van der Waals surface area contributed by atoms with Crippen LogP contribution in [0.4, 0.5) is 16.2 Å². The minimum atomic E-state index is -0.606. The summed E-state index contributed by atoms with van der Waals surface area (Å²) in [4.78, 5) is 29.3. The van der Waals surface area contributed by atoms with E-state index in [1.165, 1.54) is 6.20 Å². The Morgan fingerprint density at radius 3 is 2.53 bits per heavy atom. The van der Waals surface area contributed by atoms with Crippen molar-refractivity contribution in [1.82, 2.24) is 9.88 Å². The number of carbonyl (C=O) groups excluding carboxylic acids is 1. The van der Waals surface area contributed by atoms with Crippen LogP contribution < -0.4 is 5.32 Å². The number of ether oxygens (including phenoxy) is 1. The van der Waals surface area contributed by atoms with Crippen LogP contribution in [0.3, 0.4) is 0 Å². The molecule has 4 rings (SSSR count). The van der Waals surface area contributed by atoms with Gasteiger partial charge in [-0.15, -0.1) is 0 Å². The molecule has 0 spiro atoms. The van der Waals surface area contributed by atoms with Crippen molar-refractivity contribution >= 4 is 17.5 Å². The molecule has 1 aromatic heterocycles. The molecule has 0 bridgehead atoms. The number of rotatable bonds is 5. The summed E-state index contributed by atoms with van der Waals surface area (Å²) in [6.07, 6.45) is 5.80. The number of nitrogens with one attached hydrogen (secondary N) is 1. The van der Waals surface area contributed by atoms with Gasteiger partial charge in [-0.1, -0.05) is 30.3 Å². The van der Waals surface area contributed by atoms with Crippen molar-refractivity contribution in [2.24, 2.45) is 0 Å². The quantitative estimate of drug-likeness (QED) is 0.567. The Morgan fingerprint density at radius 1 is 1.17 bits per heavy atom. The Kier molecular flexibility index (Phi) is 5.32. The average Bonchev–Trinajstić information content (AvgIpc) is 2.97. The van der Waals surface area contributed by atoms with E-state index in [9.17, 15) is 14.9 Å². The fourth-order valence-corrected chi connectivity index (χ4v) is 4.70. The predicted octanol–water partition coefficient (Wildman–Crippen LogP) is 4.69. The number of benzene rings is 1. The van der Waals surface area contributed by atoms with Crippen molar-refractivity contribution in [3.05, 3.63) is 64.5 Å². The first-order valence-corrected chi connectivity index (χ1v) is 10.3. The molecule has 1 aromatic carbocycles. The highest BCUT2D eigenvalue weighted by Crippen LogP contribution is 2.44. The zero-order chi connectivity index (χ0) is 21.3. The van der Waals surface area contributed by atoms with Gasteiger partial charge in [0.05, 0.1) is 11.0 Å². The number of cyclic esters (lactones) is 1. The van der Waals surface area contributed by atoms with Gasteiger partial charge in [-0.25, -0.2) is 4.79 Å². The summed E-state index contributed by atoms with van der Waals surface area (Å²) in [6.45, 7) is 3.91. The molecule has 1 aliphatic carbocycles. The summed E-state index contributed by atoms with van der Waals surface area (Å²) in [5.41, 5.74) is 0.933. The number of nitrogens with zero attached hydrogens (tertiary/aromatic N) is 3. The Balaban J connectivity index is 1.47. The van der Waals surface area contributed by atoms with Crippen LogP contribution >= 0.6 is 0 Å². The molecule has 30 heavy (non-hydrogen) atoms. The van der Waals surface area contributed by atoms with E-state index in [4.69, 9.17) is 4.74 Å². The molecule has 2 aromatic rings. The van der Waals surface area contributed by atoms with Crippen molar-refractivity contribution in [2.45, 2.75) is 63.3 Å². The number of anilines is 1. The molecule has 8 nitrogen and oxygen atoms in total. The molecule has 1 amide bonds. The van der Waals surface area contributed by atoms with Gasteiger partial charge in [0.25, 0.3) is 0 Å². The fourth-order valence-electron chi connectivity index (χ4n) is 4.70. The van der Waals surface area contributed by atoms with E-state index in [0.29, 0.717) is 5.69 Å². The highest BCUT2D eigenvalue weighted by Gasteiger charge is 2.51. The number of nitro groups is 1. The standard InChI is InChI=1S/C22H26N4O4/c1-22(2)20(15-6-4-3-5-7-15)25(21(27)30-22)17-10-8-16(9-11-17)24-18-12-13-23-14-19(18)26(28)29/h3-7,12-14,16-17,20H,8-11H2,1-2H3,(H,23,24). The highest BCUT2D eigenvalue weighted by molar-refractivity contribution is 5.72. The summed E-state index contributed by atoms with van der Waals surface area (Å²) < 4.78 is 5.74. The summed E-state index contributed by atoms with van der Waals surface area (Å²) in [6, 6.07) is 11.7. The Morgan fingerprint density at radius 2 is 1.87 bits per heavy atom. The zero-order valence-electron chi connectivity index (χ0n) is 17.2. The normalized spacial score (nSPS) is 25.6. The molecule has 1 aliphatic heterocycles. The first-order chi connectivity index (χ1) is 14.4. The molecule has 1 unspecified atom stereocenters. The van der Waals surface area contributed by atoms with Crippen molar-refractivity contribution in [1.29, 1.82) is 0 Å². The molecule has 1 N–H and O–H groups in total. The molecule has 1 atom stereocenters. The maximum Gasteiger partial charge on any atom is 0.411 e. The fraction of sp³-hybridized carbons (Fsp3) is 0.455. The van der Waals surface area contributed by atoms with Gasteiger partial charge in [-0.05, 0) is 51.2 Å². The van der Waals surface area contributed by atoms with E-state index >= 15 is 0 Å². The van der Waals surface area contributed by atoms with Gasteiger partial charge in [-0.3, -0.25) is 20.0 Å². The number of carbonyl (C=O) groups is 1. The topological polar surface area (TPSA) is 97.6 Å². The van der Waals surface area contributed by atoms with E-state index in [0.717, 1.165) is 31.2 Å². The summed E-state index contributed by atoms with van der Waals surface area (Å²) in [7, 11) is 0. The Hall–Kier alpha value is -3.16. The van der Waals surface area contributed by atoms with Crippen molar-refractivity contribution in [3.8, 4) is 0 Å². The van der Waals surface area contributed by atoms with Gasteiger partial charge >= 0.3 is 11.8 Å². The first kappa shape index (κ1) is 20.1. The molecule has 2 heterocycles. The van der Waals surface area contributed by atoms with E-state index < -0.39 is 10.5 Å². The number of amides is 1. The molecule has 2 fully saturated rings. The lowest BCUT2D eigenvalue weighted by molar-refractivity contribution is -0.384. The zero-order valence-corrected chi connectivity index (χ0v) is 17.2. The lowest BCUT2D eigenvalue weighted by Gasteiger charge is -2.38. The third kappa shape index (κ3) is 3.81. The molecule has 2 aliphatic rings. The molecule has 1 saturated carbocycles. The Labute approximate surface area is 175 Å². The molecular formula is C22H26N4O4. The SMILES string of the molecule is CC1(C)OC(=O)N(C2CCC(Nc3ccncc3[N+](=O)[O-])CC2)C1c1ccccc1. The third-order valence-corrected chi connectivity index (χ3v) is 6.06. The molecule has 0 radical (unpaired) electrons. The van der Waals surface area contributed by atoms with E-state index in [1.807, 2.05) is 49.1 Å². The van der Waals surface area contributed by atoms with Crippen LogP contribution in [0.1, 0.15) is 51.1 Å². The molecule has 8 heteroatoms. The van der Waals surface area contributed by atoms with Gasteiger partial charge in [0.15, 0.2) is 0 Å². The minimum absolute atomic E-state index is 0.0198. The number of hydrogen-bond acceptors (Lipinski definition) is 6. The molecule has 1 saturated heterocycles. The van der Waals surface area contributed by atoms with Crippen LogP contribution in [0.15, 0.2) is 48.8 Å². The minimum Gasteiger partial charge on any atom is -0.441 e. The van der Waals surface area contributed by atoms with Crippen LogP contribution in [0.2, 0.25) is 0 Å². The van der Waals surface area contributed by atoms with Crippen LogP contribution in [-0.2, 0) is 4.74 Å². The lowest BCUT2D eigenvalue weighted by atomic mass is 9.86. The van der Waals surface area contributed by atoms with Gasteiger partial charge < -0.3 is 10.1 Å². The summed E-state index contributed by atoms with van der Waals surface area (Å²) >= 11 is 0. The second-order valence-corrected chi connectivity index (χ2v) is 8.49. The average molecular weight is 410 g/mol. The largest absolute Gasteiger partial charge is 0.441 e. The number of hydrogen-bond donors (Lipinski definition) is 1. The summed E-state index contributed by atoms with van der Waals surface area (Å²) in [5.74, 6) is 0. The second kappa shape index (κ2) is 7.93. The second-order valence-electron chi connectivity index (χ2n) is 8.49. The maximum absolute atomic E-state index is 12.8. The van der Waals surface area contributed by atoms with Crippen molar-refractivity contribution in [2.75, 3.05) is 5.32 Å². The van der Waals surface area contributed by atoms with Crippen LogP contribution in [-0.4, -0.2) is 38.6 Å². The first-order valence-electron chi connectivity index (χ1n) is 10.3. The van der Waals surface area contributed by atoms with Crippen LogP contribution in [0.5, 0.6) is 0 Å². The molecule has 158 valence electrons. The third-order valence-electron chi connectivity index (χ3n) is 6.06. The van der Waals surface area contributed by atoms with Gasteiger partial charge in [0, 0.05) is 18.3 Å². The maximum atomic E-state index is 12.8. The monoisotopic (exact) mass is 410 g/mol. The van der Waals surface area contributed by atoms with E-state index in [2.05, 4.69) is 10.3 Å². The summed E-state index contributed by atoms with van der Waals surface area (Å²) in [5, 5.41) is 14.5. The molecular weight excluding hydrogens is 384 g/mol. The van der Waals surface area contributed by atoms with Gasteiger partial charge in [-0.2, -0.15) is 0 Å². The number of aromatic nitrogens is 1. The number of pyridine rings is 1. The smallest absolute Gasteiger partial charge is 0.411 e. The van der Waals surface area contributed by atoms with E-state index in [-0.39, 0.29) is 29.9 Å². The van der Waals surface area contributed by atoms with Gasteiger partial charge in [0.1, 0.15) is 17.5 Å². The lowest BCUT2D eigenvalue weighted by Crippen LogP contribution is -2.44. The van der Waals surface area contributed by atoms with Crippen molar-refractivity contribution in [3.63, 3.8) is 0 Å². The van der Waals surface area contributed by atoms with Crippen molar-refractivity contribution < 1.29 is 14.5 Å². The van der Waals surface area contributed by atoms with Gasteiger partial charge in [0.2, 0.25) is 0 Å². The van der Waals surface area contributed by atoms with Crippen LogP contribution in [0, 0.1) is 10.1 Å². The van der Waals surface area contributed by atoms with E-state index in [1.54, 1.807) is 12.3 Å². The Bertz CT molecular complexity index is 926. The van der Waals surface area contributed by atoms with Crippen LogP contribution in [0.25, 0.3) is 0 Å². The highest BCUT2D eigenvalue weighted by atomic mass is 16.6. The predicted molar refractivity (Wildman–Crippen MR) is 112 cm³/mol.